The van der Waals surface area contributed by atoms with Crippen molar-refractivity contribution in [2.75, 3.05) is 13.7 Å². The molecule has 1 aromatic carbocycles. The highest BCUT2D eigenvalue weighted by molar-refractivity contribution is 7.09. The van der Waals surface area contributed by atoms with Crippen molar-refractivity contribution in [1.29, 1.82) is 0 Å². The van der Waals surface area contributed by atoms with Crippen molar-refractivity contribution in [2.24, 2.45) is 0 Å². The van der Waals surface area contributed by atoms with Gasteiger partial charge in [-0.05, 0) is 30.6 Å². The molecule has 0 saturated carbocycles. The number of thiophene rings is 1. The summed E-state index contributed by atoms with van der Waals surface area (Å²) in [5, 5.41) is 5.94. The Hall–Kier alpha value is -1.03. The minimum atomic E-state index is 0.678. The fraction of sp³-hybridized carbons (Fsp3) is 0.286. The normalized spacial score (nSPS) is 10.6. The molecule has 0 aliphatic heterocycles. The molecule has 0 radical (unpaired) electrons. The lowest BCUT2D eigenvalue weighted by molar-refractivity contribution is 0.319. The molecule has 0 unspecified atom stereocenters. The first-order valence-electron chi connectivity index (χ1n) is 5.88. The summed E-state index contributed by atoms with van der Waals surface area (Å²) < 4.78 is 5.83. The highest BCUT2D eigenvalue weighted by Crippen LogP contribution is 2.26. The second-order valence-electron chi connectivity index (χ2n) is 3.92. The van der Waals surface area contributed by atoms with Crippen molar-refractivity contribution >= 4 is 22.9 Å². The Morgan fingerprint density at radius 2 is 2.17 bits per heavy atom. The van der Waals surface area contributed by atoms with Crippen LogP contribution >= 0.6 is 22.9 Å². The summed E-state index contributed by atoms with van der Waals surface area (Å²) in [6.07, 6.45) is 0.934. The topological polar surface area (TPSA) is 21.3 Å². The van der Waals surface area contributed by atoms with E-state index in [1.807, 2.05) is 25.2 Å². The van der Waals surface area contributed by atoms with Gasteiger partial charge in [0.05, 0.1) is 6.61 Å². The number of ether oxygens (including phenoxy) is 1. The van der Waals surface area contributed by atoms with E-state index >= 15 is 0 Å². The van der Waals surface area contributed by atoms with Crippen molar-refractivity contribution in [3.05, 3.63) is 51.2 Å². The van der Waals surface area contributed by atoms with Gasteiger partial charge in [0.1, 0.15) is 5.75 Å². The van der Waals surface area contributed by atoms with Gasteiger partial charge in [-0.15, -0.1) is 11.3 Å². The van der Waals surface area contributed by atoms with Crippen LogP contribution in [-0.4, -0.2) is 13.7 Å². The molecule has 1 heterocycles. The summed E-state index contributed by atoms with van der Waals surface area (Å²) in [6, 6.07) is 9.96. The Morgan fingerprint density at radius 3 is 2.89 bits per heavy atom. The van der Waals surface area contributed by atoms with E-state index in [2.05, 4.69) is 22.8 Å². The molecule has 2 nitrogen and oxygen atoms in total. The summed E-state index contributed by atoms with van der Waals surface area (Å²) in [6.45, 7) is 1.39. The molecule has 4 heteroatoms. The maximum absolute atomic E-state index is 6.17. The van der Waals surface area contributed by atoms with Crippen LogP contribution in [0, 0.1) is 0 Å². The fourth-order valence-electron chi connectivity index (χ4n) is 1.74. The molecule has 18 heavy (non-hydrogen) atoms. The molecule has 0 aliphatic carbocycles. The fourth-order valence-corrected chi connectivity index (χ4v) is 2.66. The first kappa shape index (κ1) is 13.4. The predicted molar refractivity (Wildman–Crippen MR) is 77.7 cm³/mol. The molecule has 2 rings (SSSR count). The Bertz CT molecular complexity index is 485. The van der Waals surface area contributed by atoms with Crippen LogP contribution in [0.2, 0.25) is 5.02 Å². The predicted octanol–water partition coefficient (Wildman–Crippen LogP) is 3.74. The van der Waals surface area contributed by atoms with Gasteiger partial charge < -0.3 is 10.1 Å². The average molecular weight is 282 g/mol. The van der Waals surface area contributed by atoms with Crippen LogP contribution in [0.3, 0.4) is 0 Å². The quantitative estimate of drug-likeness (QED) is 0.871. The first-order valence-corrected chi connectivity index (χ1v) is 7.14. The van der Waals surface area contributed by atoms with Crippen molar-refractivity contribution in [3.8, 4) is 5.75 Å². The summed E-state index contributed by atoms with van der Waals surface area (Å²) in [7, 11) is 1.90. The third-order valence-corrected chi connectivity index (χ3v) is 3.91. The van der Waals surface area contributed by atoms with Crippen LogP contribution in [0.4, 0.5) is 0 Å². The van der Waals surface area contributed by atoms with Gasteiger partial charge in [0.25, 0.3) is 0 Å². The summed E-state index contributed by atoms with van der Waals surface area (Å²) >= 11 is 7.93. The van der Waals surface area contributed by atoms with Crippen LogP contribution in [0.15, 0.2) is 35.7 Å². The van der Waals surface area contributed by atoms with Gasteiger partial charge in [-0.3, -0.25) is 0 Å². The van der Waals surface area contributed by atoms with E-state index in [1.165, 1.54) is 4.88 Å². The molecule has 0 amide bonds. The number of hydrogen-bond acceptors (Lipinski definition) is 3. The Balaban J connectivity index is 1.98. The zero-order chi connectivity index (χ0) is 12.8. The van der Waals surface area contributed by atoms with E-state index < -0.39 is 0 Å². The second-order valence-corrected chi connectivity index (χ2v) is 5.36. The molecule has 0 atom stereocenters. The van der Waals surface area contributed by atoms with Crippen molar-refractivity contribution in [1.82, 2.24) is 5.32 Å². The molecule has 0 saturated heterocycles. The van der Waals surface area contributed by atoms with Gasteiger partial charge >= 0.3 is 0 Å². The van der Waals surface area contributed by atoms with Crippen molar-refractivity contribution in [2.45, 2.75) is 13.0 Å². The van der Waals surface area contributed by atoms with E-state index in [9.17, 15) is 0 Å². The smallest absolute Gasteiger partial charge is 0.125 e. The second kappa shape index (κ2) is 6.78. The number of halogens is 1. The van der Waals surface area contributed by atoms with Crippen LogP contribution in [0.1, 0.15) is 10.4 Å². The van der Waals surface area contributed by atoms with Crippen molar-refractivity contribution < 1.29 is 4.74 Å². The average Bonchev–Trinajstić information content (AvgIpc) is 2.86. The molecule has 0 fully saturated rings. The summed E-state index contributed by atoms with van der Waals surface area (Å²) in [4.78, 5) is 1.34. The maximum Gasteiger partial charge on any atom is 0.125 e. The Labute approximate surface area is 117 Å². The Kier molecular flexibility index (Phi) is 5.05. The van der Waals surface area contributed by atoms with Gasteiger partial charge in [-0.25, -0.2) is 0 Å². The minimum absolute atomic E-state index is 0.678. The van der Waals surface area contributed by atoms with E-state index in [4.69, 9.17) is 16.3 Å². The lowest BCUT2D eigenvalue weighted by Crippen LogP contribution is -2.09. The molecule has 0 aliphatic rings. The van der Waals surface area contributed by atoms with Crippen LogP contribution in [0.25, 0.3) is 0 Å². The molecule has 96 valence electrons. The van der Waals surface area contributed by atoms with Crippen LogP contribution in [0.5, 0.6) is 5.75 Å². The van der Waals surface area contributed by atoms with E-state index in [0.717, 1.165) is 22.8 Å². The van der Waals surface area contributed by atoms with E-state index in [0.29, 0.717) is 13.2 Å². The SMILES string of the molecule is CNCc1c(Cl)cccc1OCCc1cccs1. The third kappa shape index (κ3) is 3.48. The molecule has 2 aromatic rings. The zero-order valence-corrected chi connectivity index (χ0v) is 11.9. The molecule has 1 N–H and O–H groups in total. The minimum Gasteiger partial charge on any atom is -0.493 e. The molecular weight excluding hydrogens is 266 g/mol. The monoisotopic (exact) mass is 281 g/mol. The third-order valence-electron chi connectivity index (χ3n) is 2.62. The van der Waals surface area contributed by atoms with Gasteiger partial charge in [-0.1, -0.05) is 23.7 Å². The molecule has 0 bridgehead atoms. The lowest BCUT2D eigenvalue weighted by atomic mass is 10.2. The highest BCUT2D eigenvalue weighted by Gasteiger charge is 2.07. The maximum atomic E-state index is 6.17. The highest BCUT2D eigenvalue weighted by atomic mass is 35.5. The van der Waals surface area contributed by atoms with Gasteiger partial charge in [0.15, 0.2) is 0 Å². The number of hydrogen-bond donors (Lipinski definition) is 1. The molecular formula is C14H16ClNOS. The zero-order valence-electron chi connectivity index (χ0n) is 10.3. The largest absolute Gasteiger partial charge is 0.493 e. The van der Waals surface area contributed by atoms with Gasteiger partial charge in [-0.2, -0.15) is 0 Å². The standard InChI is InChI=1S/C14H16ClNOS/c1-16-10-12-13(15)5-2-6-14(12)17-8-7-11-4-3-9-18-11/h2-6,9,16H,7-8,10H2,1H3. The number of benzene rings is 1. The van der Waals surface area contributed by atoms with Crippen LogP contribution in [-0.2, 0) is 13.0 Å². The van der Waals surface area contributed by atoms with E-state index in [-0.39, 0.29) is 0 Å². The van der Waals surface area contributed by atoms with Gasteiger partial charge in [0.2, 0.25) is 0 Å². The number of rotatable bonds is 6. The van der Waals surface area contributed by atoms with E-state index in [1.54, 1.807) is 11.3 Å². The summed E-state index contributed by atoms with van der Waals surface area (Å²) in [5.74, 6) is 0.869. The lowest BCUT2D eigenvalue weighted by Gasteiger charge is -2.12. The van der Waals surface area contributed by atoms with Crippen molar-refractivity contribution in [3.63, 3.8) is 0 Å². The Morgan fingerprint density at radius 1 is 1.28 bits per heavy atom. The first-order chi connectivity index (χ1) is 8.81. The molecule has 1 aromatic heterocycles. The summed E-state index contributed by atoms with van der Waals surface area (Å²) in [5.41, 5.74) is 1.02. The number of nitrogens with one attached hydrogen (secondary N) is 1. The van der Waals surface area contributed by atoms with Gasteiger partial charge in [0, 0.05) is 28.4 Å². The van der Waals surface area contributed by atoms with Crippen LogP contribution < -0.4 is 10.1 Å². The molecule has 0 spiro atoms.